The summed E-state index contributed by atoms with van der Waals surface area (Å²) >= 11 is 0. The summed E-state index contributed by atoms with van der Waals surface area (Å²) in [5.41, 5.74) is 0.673. The van der Waals surface area contributed by atoms with Crippen LogP contribution in [-0.2, 0) is 0 Å². The standard InChI is InChI=1S/C18H20N2O/c1-13(2)10-20-11-16(20)12-21-18-5-3-4-15-7-6-14(9-19)8-17(15)18/h3-8,13,16H,10-12H2,1-2H3. The van der Waals surface area contributed by atoms with E-state index in [0.29, 0.717) is 17.5 Å². The van der Waals surface area contributed by atoms with Crippen molar-refractivity contribution in [3.05, 3.63) is 42.0 Å². The minimum Gasteiger partial charge on any atom is -0.491 e. The van der Waals surface area contributed by atoms with E-state index in [9.17, 15) is 0 Å². The van der Waals surface area contributed by atoms with Crippen LogP contribution in [0.25, 0.3) is 10.8 Å². The van der Waals surface area contributed by atoms with Crippen molar-refractivity contribution in [2.45, 2.75) is 19.9 Å². The minimum atomic E-state index is 0.543. The van der Waals surface area contributed by atoms with Gasteiger partial charge in [-0.25, -0.2) is 0 Å². The van der Waals surface area contributed by atoms with Gasteiger partial charge in [0.1, 0.15) is 12.4 Å². The fourth-order valence-electron chi connectivity index (χ4n) is 2.70. The van der Waals surface area contributed by atoms with E-state index in [-0.39, 0.29) is 0 Å². The number of benzene rings is 2. The van der Waals surface area contributed by atoms with Crippen molar-refractivity contribution < 1.29 is 4.74 Å². The van der Waals surface area contributed by atoms with Crippen LogP contribution < -0.4 is 4.74 Å². The summed E-state index contributed by atoms with van der Waals surface area (Å²) < 4.78 is 6.00. The molecule has 0 spiro atoms. The van der Waals surface area contributed by atoms with Crippen LogP contribution in [0.3, 0.4) is 0 Å². The van der Waals surface area contributed by atoms with Gasteiger partial charge in [0.15, 0.2) is 0 Å². The van der Waals surface area contributed by atoms with Crippen molar-refractivity contribution in [2.75, 3.05) is 19.7 Å². The van der Waals surface area contributed by atoms with Crippen LogP contribution in [0.2, 0.25) is 0 Å². The molecule has 3 nitrogen and oxygen atoms in total. The quantitative estimate of drug-likeness (QED) is 0.787. The zero-order chi connectivity index (χ0) is 14.8. The van der Waals surface area contributed by atoms with Crippen LogP contribution in [-0.4, -0.2) is 30.6 Å². The highest BCUT2D eigenvalue weighted by atomic mass is 16.5. The molecule has 2 unspecified atom stereocenters. The van der Waals surface area contributed by atoms with Crippen molar-refractivity contribution in [1.29, 1.82) is 5.26 Å². The Bertz CT molecular complexity index is 687. The maximum absolute atomic E-state index is 9.04. The minimum absolute atomic E-state index is 0.543. The lowest BCUT2D eigenvalue weighted by molar-refractivity contribution is 0.290. The third kappa shape index (κ3) is 3.17. The van der Waals surface area contributed by atoms with Crippen molar-refractivity contribution in [3.63, 3.8) is 0 Å². The van der Waals surface area contributed by atoms with Gasteiger partial charge < -0.3 is 4.74 Å². The number of hydrogen-bond donors (Lipinski definition) is 0. The molecule has 1 fully saturated rings. The first kappa shape index (κ1) is 13.9. The monoisotopic (exact) mass is 280 g/mol. The molecule has 1 saturated heterocycles. The first-order chi connectivity index (χ1) is 10.2. The zero-order valence-electron chi connectivity index (χ0n) is 12.5. The molecule has 2 aromatic carbocycles. The van der Waals surface area contributed by atoms with E-state index in [1.54, 1.807) is 0 Å². The van der Waals surface area contributed by atoms with E-state index in [1.165, 1.54) is 0 Å². The van der Waals surface area contributed by atoms with Crippen molar-refractivity contribution in [1.82, 2.24) is 4.90 Å². The van der Waals surface area contributed by atoms with Crippen LogP contribution in [0.15, 0.2) is 36.4 Å². The first-order valence-electron chi connectivity index (χ1n) is 7.47. The Labute approximate surface area is 125 Å². The lowest BCUT2D eigenvalue weighted by Crippen LogP contribution is -2.14. The van der Waals surface area contributed by atoms with E-state index in [0.717, 1.165) is 36.2 Å². The van der Waals surface area contributed by atoms with Gasteiger partial charge in [0, 0.05) is 18.5 Å². The summed E-state index contributed by atoms with van der Waals surface area (Å²) in [6, 6.07) is 14.5. The van der Waals surface area contributed by atoms with Gasteiger partial charge in [-0.3, -0.25) is 4.90 Å². The van der Waals surface area contributed by atoms with Gasteiger partial charge in [-0.1, -0.05) is 32.0 Å². The van der Waals surface area contributed by atoms with Crippen LogP contribution in [0.4, 0.5) is 0 Å². The predicted octanol–water partition coefficient (Wildman–Crippen LogP) is 3.43. The highest BCUT2D eigenvalue weighted by molar-refractivity contribution is 5.89. The summed E-state index contributed by atoms with van der Waals surface area (Å²) in [4.78, 5) is 2.44. The number of nitrogens with zero attached hydrogens (tertiary/aromatic N) is 2. The Balaban J connectivity index is 1.71. The third-order valence-electron chi connectivity index (χ3n) is 3.83. The highest BCUT2D eigenvalue weighted by Crippen LogP contribution is 2.28. The van der Waals surface area contributed by atoms with E-state index in [4.69, 9.17) is 10.00 Å². The summed E-state index contributed by atoms with van der Waals surface area (Å²) in [7, 11) is 0. The molecule has 0 aliphatic carbocycles. The van der Waals surface area contributed by atoms with E-state index >= 15 is 0 Å². The number of nitriles is 1. The van der Waals surface area contributed by atoms with Crippen molar-refractivity contribution >= 4 is 10.8 Å². The second-order valence-electron chi connectivity index (χ2n) is 6.12. The molecule has 21 heavy (non-hydrogen) atoms. The summed E-state index contributed by atoms with van der Waals surface area (Å²) in [6.07, 6.45) is 0. The fourth-order valence-corrected chi connectivity index (χ4v) is 2.70. The van der Waals surface area contributed by atoms with Crippen molar-refractivity contribution in [3.8, 4) is 11.8 Å². The summed E-state index contributed by atoms with van der Waals surface area (Å²) in [6.45, 7) is 7.48. The SMILES string of the molecule is CC(C)CN1CC1COc1cccc2ccc(C#N)cc12. The molecule has 0 radical (unpaired) electrons. The number of fused-ring (bicyclic) bond motifs is 1. The van der Waals surface area contributed by atoms with Gasteiger partial charge in [-0.2, -0.15) is 5.26 Å². The van der Waals surface area contributed by atoms with Crippen LogP contribution in [0.1, 0.15) is 19.4 Å². The predicted molar refractivity (Wildman–Crippen MR) is 84.4 cm³/mol. The molecule has 1 heterocycles. The topological polar surface area (TPSA) is 36.0 Å². The van der Waals surface area contributed by atoms with Gasteiger partial charge in [-0.05, 0) is 29.5 Å². The molecule has 2 aromatic rings. The molecule has 108 valence electrons. The molecule has 0 saturated carbocycles. The molecule has 0 N–H and O–H groups in total. The maximum Gasteiger partial charge on any atom is 0.127 e. The lowest BCUT2D eigenvalue weighted by atomic mass is 10.1. The second-order valence-corrected chi connectivity index (χ2v) is 6.12. The Kier molecular flexibility index (Phi) is 3.81. The van der Waals surface area contributed by atoms with Gasteiger partial charge >= 0.3 is 0 Å². The van der Waals surface area contributed by atoms with Gasteiger partial charge in [0.2, 0.25) is 0 Å². The van der Waals surface area contributed by atoms with Crippen LogP contribution >= 0.6 is 0 Å². The van der Waals surface area contributed by atoms with E-state index in [2.05, 4.69) is 24.8 Å². The van der Waals surface area contributed by atoms with Gasteiger partial charge in [0.05, 0.1) is 17.7 Å². The molecule has 3 rings (SSSR count). The average molecular weight is 280 g/mol. The average Bonchev–Trinajstić information content (AvgIpc) is 3.21. The Morgan fingerprint density at radius 2 is 2.19 bits per heavy atom. The fraction of sp³-hybridized carbons (Fsp3) is 0.389. The number of hydrogen-bond acceptors (Lipinski definition) is 3. The van der Waals surface area contributed by atoms with Crippen molar-refractivity contribution in [2.24, 2.45) is 5.92 Å². The van der Waals surface area contributed by atoms with E-state index in [1.807, 2.05) is 36.4 Å². The zero-order valence-corrected chi connectivity index (χ0v) is 12.5. The summed E-state index contributed by atoms with van der Waals surface area (Å²) in [5, 5.41) is 11.2. The Hall–Kier alpha value is -2.05. The third-order valence-corrected chi connectivity index (χ3v) is 3.83. The molecule has 1 aliphatic heterocycles. The molecular weight excluding hydrogens is 260 g/mol. The molecular formula is C18H20N2O. The normalized spacial score (nSPS) is 20.5. The first-order valence-corrected chi connectivity index (χ1v) is 7.47. The van der Waals surface area contributed by atoms with Crippen LogP contribution in [0.5, 0.6) is 5.75 Å². The molecule has 0 amide bonds. The van der Waals surface area contributed by atoms with Gasteiger partial charge in [0.25, 0.3) is 0 Å². The summed E-state index contributed by atoms with van der Waals surface area (Å²) in [5.74, 6) is 1.58. The number of ether oxygens (including phenoxy) is 1. The smallest absolute Gasteiger partial charge is 0.127 e. The van der Waals surface area contributed by atoms with E-state index < -0.39 is 0 Å². The lowest BCUT2D eigenvalue weighted by Gasteiger charge is -2.10. The Morgan fingerprint density at radius 1 is 1.33 bits per heavy atom. The molecule has 1 aliphatic rings. The number of rotatable bonds is 5. The van der Waals surface area contributed by atoms with Gasteiger partial charge in [-0.15, -0.1) is 0 Å². The maximum atomic E-state index is 9.04. The molecule has 0 aromatic heterocycles. The highest BCUT2D eigenvalue weighted by Gasteiger charge is 2.34. The molecule has 0 bridgehead atoms. The Morgan fingerprint density at radius 3 is 2.95 bits per heavy atom. The largest absolute Gasteiger partial charge is 0.491 e. The molecule has 3 heteroatoms. The van der Waals surface area contributed by atoms with Crippen LogP contribution in [0, 0.1) is 17.2 Å². The molecule has 2 atom stereocenters. The second kappa shape index (κ2) is 5.75.